The summed E-state index contributed by atoms with van der Waals surface area (Å²) in [6.07, 6.45) is -8.95. The van der Waals surface area contributed by atoms with Crippen LogP contribution >= 0.6 is 0 Å². The topological polar surface area (TPSA) is 68.7 Å². The summed E-state index contributed by atoms with van der Waals surface area (Å²) >= 11 is 0. The van der Waals surface area contributed by atoms with E-state index in [1.54, 1.807) is 0 Å². The number of pyridine rings is 1. The normalized spacial score (nSPS) is 11.6. The van der Waals surface area contributed by atoms with E-state index in [4.69, 9.17) is 5.11 Å². The zero-order chi connectivity index (χ0) is 15.5. The van der Waals surface area contributed by atoms with E-state index in [0.717, 1.165) is 7.11 Å². The first-order valence-electron chi connectivity index (χ1n) is 4.97. The standard InChI is InChI=1S/C10H8F5NO4/c1-19-5-3-16-9(20-10(13,14)15)4(2-6(17)18)7(5)8(11)12/h3,8H,2H2,1H3,(H,17,18). The molecule has 1 rings (SSSR count). The van der Waals surface area contributed by atoms with Crippen molar-refractivity contribution in [1.82, 2.24) is 4.98 Å². The molecule has 1 heterocycles. The third kappa shape index (κ3) is 3.93. The number of ether oxygens (including phenoxy) is 2. The van der Waals surface area contributed by atoms with E-state index in [2.05, 4.69) is 14.5 Å². The molecule has 10 heteroatoms. The Kier molecular flexibility index (Phi) is 4.69. The Hall–Kier alpha value is -2.13. The van der Waals surface area contributed by atoms with Crippen molar-refractivity contribution < 1.29 is 41.3 Å². The van der Waals surface area contributed by atoms with Crippen LogP contribution in [-0.4, -0.2) is 29.5 Å². The molecule has 1 aromatic heterocycles. The van der Waals surface area contributed by atoms with Crippen LogP contribution < -0.4 is 9.47 Å². The SMILES string of the molecule is COc1cnc(OC(F)(F)F)c(CC(=O)O)c1C(F)F. The van der Waals surface area contributed by atoms with Gasteiger partial charge in [0.15, 0.2) is 0 Å². The molecule has 0 saturated heterocycles. The van der Waals surface area contributed by atoms with Crippen LogP contribution in [0.25, 0.3) is 0 Å². The highest BCUT2D eigenvalue weighted by Gasteiger charge is 2.35. The molecule has 1 aromatic rings. The van der Waals surface area contributed by atoms with E-state index in [1.165, 1.54) is 0 Å². The van der Waals surface area contributed by atoms with Gasteiger partial charge < -0.3 is 14.6 Å². The molecule has 1 N–H and O–H groups in total. The first-order valence-corrected chi connectivity index (χ1v) is 4.97. The molecule has 0 aliphatic rings. The first kappa shape index (κ1) is 15.9. The maximum Gasteiger partial charge on any atom is 0.574 e. The fourth-order valence-corrected chi connectivity index (χ4v) is 1.45. The number of methoxy groups -OCH3 is 1. The van der Waals surface area contributed by atoms with Crippen molar-refractivity contribution in [2.24, 2.45) is 0 Å². The van der Waals surface area contributed by atoms with Crippen LogP contribution in [0.3, 0.4) is 0 Å². The highest BCUT2D eigenvalue weighted by atomic mass is 19.4. The molecule has 0 unspecified atom stereocenters. The van der Waals surface area contributed by atoms with Gasteiger partial charge in [-0.2, -0.15) is 0 Å². The molecular formula is C10H8F5NO4. The van der Waals surface area contributed by atoms with Crippen molar-refractivity contribution in [2.45, 2.75) is 19.2 Å². The van der Waals surface area contributed by atoms with Crippen LogP contribution in [0.4, 0.5) is 22.0 Å². The number of alkyl halides is 5. The second kappa shape index (κ2) is 5.88. The molecule has 0 aromatic carbocycles. The lowest BCUT2D eigenvalue weighted by molar-refractivity contribution is -0.276. The average molecular weight is 301 g/mol. The van der Waals surface area contributed by atoms with Gasteiger partial charge in [0.2, 0.25) is 5.88 Å². The number of halogens is 5. The summed E-state index contributed by atoms with van der Waals surface area (Å²) in [5.41, 5.74) is -1.88. The number of carboxylic acids is 1. The first-order chi connectivity index (χ1) is 9.15. The van der Waals surface area contributed by atoms with Gasteiger partial charge >= 0.3 is 12.3 Å². The molecule has 112 valence electrons. The number of nitrogens with zero attached hydrogens (tertiary/aromatic N) is 1. The second-order valence-electron chi connectivity index (χ2n) is 3.44. The zero-order valence-corrected chi connectivity index (χ0v) is 9.87. The van der Waals surface area contributed by atoms with Gasteiger partial charge in [-0.25, -0.2) is 13.8 Å². The summed E-state index contributed by atoms with van der Waals surface area (Å²) < 4.78 is 70.2. The van der Waals surface area contributed by atoms with E-state index >= 15 is 0 Å². The Balaban J connectivity index is 3.44. The van der Waals surface area contributed by atoms with Crippen molar-refractivity contribution in [2.75, 3.05) is 7.11 Å². The monoisotopic (exact) mass is 301 g/mol. The van der Waals surface area contributed by atoms with Crippen molar-refractivity contribution in [3.63, 3.8) is 0 Å². The lowest BCUT2D eigenvalue weighted by Crippen LogP contribution is -2.20. The molecule has 0 amide bonds. The molecule has 0 bridgehead atoms. The molecular weight excluding hydrogens is 293 g/mol. The molecule has 0 atom stereocenters. The number of aliphatic carboxylic acids is 1. The van der Waals surface area contributed by atoms with Crippen LogP contribution in [0, 0.1) is 0 Å². The smallest absolute Gasteiger partial charge is 0.495 e. The van der Waals surface area contributed by atoms with Gasteiger partial charge in [0, 0.05) is 5.56 Å². The molecule has 0 fully saturated rings. The van der Waals surface area contributed by atoms with E-state index in [0.29, 0.717) is 6.20 Å². The van der Waals surface area contributed by atoms with Crippen LogP contribution in [-0.2, 0) is 11.2 Å². The number of hydrogen-bond acceptors (Lipinski definition) is 4. The van der Waals surface area contributed by atoms with Crippen molar-refractivity contribution in [1.29, 1.82) is 0 Å². The largest absolute Gasteiger partial charge is 0.574 e. The van der Waals surface area contributed by atoms with Gasteiger partial charge in [-0.05, 0) is 0 Å². The van der Waals surface area contributed by atoms with Crippen LogP contribution in [0.5, 0.6) is 11.6 Å². The van der Waals surface area contributed by atoms with Crippen LogP contribution in [0.1, 0.15) is 17.6 Å². The van der Waals surface area contributed by atoms with Crippen molar-refractivity contribution in [3.05, 3.63) is 17.3 Å². The number of aromatic nitrogens is 1. The Labute approximate surface area is 108 Å². The van der Waals surface area contributed by atoms with E-state index < -0.39 is 47.9 Å². The van der Waals surface area contributed by atoms with E-state index in [9.17, 15) is 26.7 Å². The lowest BCUT2D eigenvalue weighted by Gasteiger charge is -2.16. The highest BCUT2D eigenvalue weighted by molar-refractivity contribution is 5.72. The van der Waals surface area contributed by atoms with Gasteiger partial charge in [-0.3, -0.25) is 4.79 Å². The number of rotatable bonds is 5. The molecule has 5 nitrogen and oxygen atoms in total. The van der Waals surface area contributed by atoms with Gasteiger partial charge in [0.1, 0.15) is 5.75 Å². The molecule has 0 spiro atoms. The van der Waals surface area contributed by atoms with Gasteiger partial charge in [-0.1, -0.05) is 0 Å². The quantitative estimate of drug-likeness (QED) is 0.846. The van der Waals surface area contributed by atoms with Crippen molar-refractivity contribution >= 4 is 5.97 Å². The average Bonchev–Trinajstić information content (AvgIpc) is 2.28. The number of hydrogen-bond donors (Lipinski definition) is 1. The minimum atomic E-state index is -5.19. The lowest BCUT2D eigenvalue weighted by atomic mass is 10.1. The second-order valence-corrected chi connectivity index (χ2v) is 3.44. The Morgan fingerprint density at radius 3 is 2.45 bits per heavy atom. The highest BCUT2D eigenvalue weighted by Crippen LogP contribution is 2.37. The van der Waals surface area contributed by atoms with Crippen molar-refractivity contribution in [3.8, 4) is 11.6 Å². The third-order valence-electron chi connectivity index (χ3n) is 2.13. The summed E-state index contributed by atoms with van der Waals surface area (Å²) in [7, 11) is 0.998. The fraction of sp³-hybridized carbons (Fsp3) is 0.400. The summed E-state index contributed by atoms with van der Waals surface area (Å²) in [6.45, 7) is 0. The molecule has 0 saturated carbocycles. The Morgan fingerprint density at radius 1 is 1.45 bits per heavy atom. The fourth-order valence-electron chi connectivity index (χ4n) is 1.45. The summed E-state index contributed by atoms with van der Waals surface area (Å²) in [6, 6.07) is 0. The van der Waals surface area contributed by atoms with Gasteiger partial charge in [0.05, 0.1) is 25.3 Å². The zero-order valence-electron chi connectivity index (χ0n) is 9.87. The summed E-state index contributed by atoms with van der Waals surface area (Å²) in [5.74, 6) is -3.38. The molecule has 0 aliphatic heterocycles. The van der Waals surface area contributed by atoms with Crippen LogP contribution in [0.2, 0.25) is 0 Å². The predicted molar refractivity (Wildman–Crippen MR) is 53.8 cm³/mol. The molecule has 20 heavy (non-hydrogen) atoms. The molecule has 0 radical (unpaired) electrons. The number of carbonyl (C=O) groups is 1. The Morgan fingerprint density at radius 2 is 2.05 bits per heavy atom. The predicted octanol–water partition coefficient (Wildman–Crippen LogP) is 2.55. The summed E-state index contributed by atoms with van der Waals surface area (Å²) in [5, 5.41) is 8.61. The summed E-state index contributed by atoms with van der Waals surface area (Å²) in [4.78, 5) is 13.8. The minimum absolute atomic E-state index is 0.522. The van der Waals surface area contributed by atoms with Gasteiger partial charge in [-0.15, -0.1) is 13.2 Å². The van der Waals surface area contributed by atoms with E-state index in [1.807, 2.05) is 0 Å². The number of carboxylic acid groups (broad SMARTS) is 1. The maximum absolute atomic E-state index is 12.9. The third-order valence-corrected chi connectivity index (χ3v) is 2.13. The Bertz CT molecular complexity index is 503. The van der Waals surface area contributed by atoms with Crippen LogP contribution in [0.15, 0.2) is 6.20 Å². The molecule has 0 aliphatic carbocycles. The van der Waals surface area contributed by atoms with Gasteiger partial charge in [0.25, 0.3) is 6.43 Å². The van der Waals surface area contributed by atoms with E-state index in [-0.39, 0.29) is 0 Å². The maximum atomic E-state index is 12.9. The minimum Gasteiger partial charge on any atom is -0.495 e.